The van der Waals surface area contributed by atoms with Gasteiger partial charge in [-0.25, -0.2) is 4.98 Å². The molecule has 1 heterocycles. The number of carbonyl (C=O) groups excluding carboxylic acids is 1. The van der Waals surface area contributed by atoms with Crippen LogP contribution >= 0.6 is 0 Å². The van der Waals surface area contributed by atoms with Crippen LogP contribution in [0.5, 0.6) is 0 Å². The summed E-state index contributed by atoms with van der Waals surface area (Å²) >= 11 is 0. The summed E-state index contributed by atoms with van der Waals surface area (Å²) in [6.45, 7) is 10.4. The molecule has 0 aliphatic carbocycles. The van der Waals surface area contributed by atoms with Crippen molar-refractivity contribution >= 4 is 5.91 Å². The molecule has 1 N–H and O–H groups in total. The third kappa shape index (κ3) is 3.55. The largest absolute Gasteiger partial charge is 0.336 e. The zero-order valence-corrected chi connectivity index (χ0v) is 12.2. The summed E-state index contributed by atoms with van der Waals surface area (Å²) in [5, 5.41) is 6.80. The van der Waals surface area contributed by atoms with E-state index >= 15 is 0 Å². The maximum atomic E-state index is 12.2. The molecule has 0 bridgehead atoms. The van der Waals surface area contributed by atoms with Gasteiger partial charge >= 0.3 is 0 Å². The van der Waals surface area contributed by atoms with Crippen molar-refractivity contribution in [2.45, 2.75) is 53.0 Å². The maximum Gasteiger partial charge on any atom is 0.293 e. The van der Waals surface area contributed by atoms with Crippen molar-refractivity contribution < 1.29 is 4.79 Å². The molecule has 1 amide bonds. The standard InChI is InChI=1S/C13H24N4O/c1-8(2)7-10(5)17(6)13(18)12-14-11(9(3)4)15-16-12/h8-10H,7H2,1-6H3,(H,14,15,16). The molecule has 1 atom stereocenters. The number of amides is 1. The van der Waals surface area contributed by atoms with Crippen LogP contribution in [-0.2, 0) is 0 Å². The number of rotatable bonds is 5. The molecular formula is C13H24N4O. The lowest BCUT2D eigenvalue weighted by Crippen LogP contribution is -2.36. The molecule has 1 rings (SSSR count). The molecule has 0 aliphatic heterocycles. The van der Waals surface area contributed by atoms with Crippen molar-refractivity contribution in [1.29, 1.82) is 0 Å². The summed E-state index contributed by atoms with van der Waals surface area (Å²) in [7, 11) is 1.81. The lowest BCUT2D eigenvalue weighted by Gasteiger charge is -2.25. The summed E-state index contributed by atoms with van der Waals surface area (Å²) in [4.78, 5) is 18.1. The number of nitrogens with zero attached hydrogens (tertiary/aromatic N) is 3. The van der Waals surface area contributed by atoms with Crippen LogP contribution in [0, 0.1) is 5.92 Å². The van der Waals surface area contributed by atoms with E-state index in [-0.39, 0.29) is 23.7 Å². The van der Waals surface area contributed by atoms with Crippen molar-refractivity contribution in [1.82, 2.24) is 20.1 Å². The van der Waals surface area contributed by atoms with Crippen LogP contribution in [0.25, 0.3) is 0 Å². The van der Waals surface area contributed by atoms with Crippen LogP contribution in [0.3, 0.4) is 0 Å². The molecule has 0 saturated heterocycles. The van der Waals surface area contributed by atoms with E-state index in [0.29, 0.717) is 5.92 Å². The second kappa shape index (κ2) is 5.98. The highest BCUT2D eigenvalue weighted by Gasteiger charge is 2.22. The molecule has 1 aromatic heterocycles. The molecule has 0 saturated carbocycles. The van der Waals surface area contributed by atoms with Crippen LogP contribution in [-0.4, -0.2) is 39.1 Å². The Morgan fingerprint density at radius 2 is 1.89 bits per heavy atom. The van der Waals surface area contributed by atoms with Crippen LogP contribution in [0.2, 0.25) is 0 Å². The molecular weight excluding hydrogens is 228 g/mol. The number of H-pyrrole nitrogens is 1. The molecule has 1 aromatic rings. The van der Waals surface area contributed by atoms with Gasteiger partial charge in [-0.15, -0.1) is 5.10 Å². The van der Waals surface area contributed by atoms with Crippen LogP contribution in [0.1, 0.15) is 63.4 Å². The summed E-state index contributed by atoms with van der Waals surface area (Å²) in [6, 6.07) is 0.193. The first-order chi connectivity index (χ1) is 8.32. The fourth-order valence-electron chi connectivity index (χ4n) is 1.83. The van der Waals surface area contributed by atoms with E-state index in [9.17, 15) is 4.79 Å². The topological polar surface area (TPSA) is 61.9 Å². The number of nitrogens with one attached hydrogen (secondary N) is 1. The van der Waals surface area contributed by atoms with Gasteiger partial charge in [0.05, 0.1) is 0 Å². The number of carbonyl (C=O) groups is 1. The summed E-state index contributed by atoms with van der Waals surface area (Å²) in [6.07, 6.45) is 0.976. The Labute approximate surface area is 109 Å². The molecule has 18 heavy (non-hydrogen) atoms. The molecule has 5 nitrogen and oxygen atoms in total. The third-order valence-electron chi connectivity index (χ3n) is 3.03. The Hall–Kier alpha value is -1.39. The average Bonchev–Trinajstić information content (AvgIpc) is 2.75. The fraction of sp³-hybridized carbons (Fsp3) is 0.769. The molecule has 0 spiro atoms. The first-order valence-corrected chi connectivity index (χ1v) is 6.52. The van der Waals surface area contributed by atoms with E-state index in [1.54, 1.807) is 11.9 Å². The van der Waals surface area contributed by atoms with Gasteiger partial charge in [0, 0.05) is 19.0 Å². The predicted octanol–water partition coefficient (Wildman–Crippen LogP) is 2.43. The van der Waals surface area contributed by atoms with Crippen LogP contribution in [0.15, 0.2) is 0 Å². The molecule has 0 aliphatic rings. The van der Waals surface area contributed by atoms with Gasteiger partial charge in [0.1, 0.15) is 5.82 Å². The van der Waals surface area contributed by atoms with E-state index in [1.807, 2.05) is 20.8 Å². The smallest absolute Gasteiger partial charge is 0.293 e. The molecule has 1 unspecified atom stereocenters. The fourth-order valence-corrected chi connectivity index (χ4v) is 1.83. The van der Waals surface area contributed by atoms with Crippen molar-refractivity contribution in [3.8, 4) is 0 Å². The minimum Gasteiger partial charge on any atom is -0.336 e. The summed E-state index contributed by atoms with van der Waals surface area (Å²) in [5.41, 5.74) is 0. The first-order valence-electron chi connectivity index (χ1n) is 6.52. The van der Waals surface area contributed by atoms with Crippen molar-refractivity contribution in [3.63, 3.8) is 0 Å². The lowest BCUT2D eigenvalue weighted by atomic mass is 10.0. The summed E-state index contributed by atoms with van der Waals surface area (Å²) < 4.78 is 0. The van der Waals surface area contributed by atoms with Gasteiger partial charge in [0.2, 0.25) is 5.82 Å². The van der Waals surface area contributed by atoms with Gasteiger partial charge in [0.25, 0.3) is 5.91 Å². The van der Waals surface area contributed by atoms with Crippen LogP contribution < -0.4 is 0 Å². The van der Waals surface area contributed by atoms with Gasteiger partial charge in [-0.1, -0.05) is 27.7 Å². The SMILES string of the molecule is CC(C)CC(C)N(C)C(=O)c1n[nH]c(C(C)C)n1. The number of hydrogen-bond donors (Lipinski definition) is 1. The Morgan fingerprint density at radius 3 is 2.33 bits per heavy atom. The number of aromatic nitrogens is 3. The third-order valence-corrected chi connectivity index (χ3v) is 3.03. The van der Waals surface area contributed by atoms with Crippen molar-refractivity contribution in [2.24, 2.45) is 5.92 Å². The second-order valence-electron chi connectivity index (χ2n) is 5.59. The highest BCUT2D eigenvalue weighted by Crippen LogP contribution is 2.13. The molecule has 102 valence electrons. The number of hydrogen-bond acceptors (Lipinski definition) is 3. The van der Waals surface area contributed by atoms with E-state index in [0.717, 1.165) is 12.2 Å². The molecule has 0 fully saturated rings. The average molecular weight is 252 g/mol. The van der Waals surface area contributed by atoms with Crippen LogP contribution in [0.4, 0.5) is 0 Å². The minimum atomic E-state index is -0.119. The van der Waals surface area contributed by atoms with Crippen molar-refractivity contribution in [3.05, 3.63) is 11.6 Å². The van der Waals surface area contributed by atoms with E-state index in [2.05, 4.69) is 29.0 Å². The lowest BCUT2D eigenvalue weighted by molar-refractivity contribution is 0.0716. The Morgan fingerprint density at radius 1 is 1.28 bits per heavy atom. The highest BCUT2D eigenvalue weighted by atomic mass is 16.2. The van der Waals surface area contributed by atoms with Gasteiger partial charge < -0.3 is 4.90 Å². The normalized spacial score (nSPS) is 13.1. The Bertz CT molecular complexity index is 397. The highest BCUT2D eigenvalue weighted by molar-refractivity contribution is 5.90. The first kappa shape index (κ1) is 14.7. The Kier molecular flexibility index (Phi) is 4.87. The second-order valence-corrected chi connectivity index (χ2v) is 5.59. The van der Waals surface area contributed by atoms with Gasteiger partial charge in [-0.05, 0) is 19.3 Å². The monoisotopic (exact) mass is 252 g/mol. The quantitative estimate of drug-likeness (QED) is 0.875. The number of aromatic amines is 1. The molecule has 0 aromatic carbocycles. The molecule has 5 heteroatoms. The van der Waals surface area contributed by atoms with E-state index in [1.165, 1.54) is 0 Å². The van der Waals surface area contributed by atoms with Gasteiger partial charge in [-0.3, -0.25) is 9.89 Å². The minimum absolute atomic E-state index is 0.119. The van der Waals surface area contributed by atoms with E-state index in [4.69, 9.17) is 0 Å². The van der Waals surface area contributed by atoms with Gasteiger partial charge in [0.15, 0.2) is 0 Å². The maximum absolute atomic E-state index is 12.2. The van der Waals surface area contributed by atoms with Crippen molar-refractivity contribution in [2.75, 3.05) is 7.05 Å². The Balaban J connectivity index is 2.73. The van der Waals surface area contributed by atoms with Gasteiger partial charge in [-0.2, -0.15) is 0 Å². The zero-order chi connectivity index (χ0) is 13.9. The van der Waals surface area contributed by atoms with E-state index < -0.39 is 0 Å². The zero-order valence-electron chi connectivity index (χ0n) is 12.2. The molecule has 0 radical (unpaired) electrons. The predicted molar refractivity (Wildman–Crippen MR) is 71.5 cm³/mol. The summed E-state index contributed by atoms with van der Waals surface area (Å²) in [5.74, 6) is 1.71.